The zero-order chi connectivity index (χ0) is 40.8. The van der Waals surface area contributed by atoms with Crippen LogP contribution in [0.2, 0.25) is 0 Å². The van der Waals surface area contributed by atoms with Gasteiger partial charge in [-0.3, -0.25) is 0 Å². The molecule has 0 spiro atoms. The van der Waals surface area contributed by atoms with Gasteiger partial charge in [0.1, 0.15) is 34.5 Å². The van der Waals surface area contributed by atoms with Crippen LogP contribution in [-0.4, -0.2) is 56.1 Å². The van der Waals surface area contributed by atoms with Crippen LogP contribution in [0.4, 0.5) is 34.1 Å². The zero-order valence-corrected chi connectivity index (χ0v) is 37.4. The molecule has 0 heterocycles. The van der Waals surface area contributed by atoms with Gasteiger partial charge in [-0.15, -0.1) is 0 Å². The number of benzene rings is 6. The third kappa shape index (κ3) is 13.9. The number of phenolic OH excluding ortho intramolecular Hbond substituents is 1. The predicted octanol–water partition coefficient (Wildman–Crippen LogP) is 13.4. The number of anilines is 6. The van der Waals surface area contributed by atoms with Gasteiger partial charge in [0.15, 0.2) is 0 Å². The Kier molecular flexibility index (Phi) is 19.5. The number of aromatic hydroxyl groups is 1. The van der Waals surface area contributed by atoms with Gasteiger partial charge in [0.25, 0.3) is 0 Å². The lowest BCUT2D eigenvalue weighted by molar-refractivity contribution is 0.319. The fourth-order valence-corrected chi connectivity index (χ4v) is 6.95. The van der Waals surface area contributed by atoms with E-state index < -0.39 is 0 Å². The number of rotatable bonds is 16. The number of halogens is 3. The second kappa shape index (κ2) is 24.7. The molecule has 0 aliphatic carbocycles. The Hall–Kier alpha value is -4.84. The second-order valence-electron chi connectivity index (χ2n) is 12.1. The van der Waals surface area contributed by atoms with Crippen LogP contribution >= 0.6 is 47.8 Å². The first-order valence-electron chi connectivity index (χ1n) is 18.2. The van der Waals surface area contributed by atoms with Crippen molar-refractivity contribution in [3.05, 3.63) is 146 Å². The van der Waals surface area contributed by atoms with Gasteiger partial charge in [-0.25, -0.2) is 0 Å². The molecule has 0 bridgehead atoms. The topological polar surface area (TPSA) is 72.9 Å². The van der Waals surface area contributed by atoms with E-state index in [2.05, 4.69) is 69.7 Å². The van der Waals surface area contributed by atoms with E-state index in [0.29, 0.717) is 6.61 Å². The van der Waals surface area contributed by atoms with Crippen LogP contribution < -0.4 is 33.5 Å². The average molecular weight is 966 g/mol. The maximum Gasteiger partial charge on any atom is 0.119 e. The van der Waals surface area contributed by atoms with Gasteiger partial charge in [0.2, 0.25) is 0 Å². The zero-order valence-electron chi connectivity index (χ0n) is 32.6. The van der Waals surface area contributed by atoms with Crippen molar-refractivity contribution in [2.24, 2.45) is 0 Å². The molecule has 0 aromatic heterocycles. The van der Waals surface area contributed by atoms with Crippen LogP contribution in [0.5, 0.6) is 34.5 Å². The van der Waals surface area contributed by atoms with E-state index in [0.717, 1.165) is 85.3 Å². The normalized spacial score (nSPS) is 10.2. The van der Waals surface area contributed by atoms with Crippen molar-refractivity contribution in [3.63, 3.8) is 0 Å². The Labute approximate surface area is 362 Å². The lowest BCUT2D eigenvalue weighted by Gasteiger charge is -2.26. The summed E-state index contributed by atoms with van der Waals surface area (Å²) in [6, 6.07) is 47.0. The molecule has 0 amide bonds. The summed E-state index contributed by atoms with van der Waals surface area (Å²) >= 11 is 9.98. The summed E-state index contributed by atoms with van der Waals surface area (Å²) in [6.45, 7) is 0.700. The molecule has 0 radical (unpaired) electrons. The molecule has 0 atom stereocenters. The van der Waals surface area contributed by atoms with Crippen molar-refractivity contribution >= 4 is 81.9 Å². The molecule has 0 aliphatic rings. The molecule has 6 rings (SSSR count). The Morgan fingerprint density at radius 2 is 0.614 bits per heavy atom. The van der Waals surface area contributed by atoms with E-state index in [9.17, 15) is 5.11 Å². The Morgan fingerprint density at radius 3 is 0.842 bits per heavy atom. The van der Waals surface area contributed by atoms with Crippen LogP contribution in [0.15, 0.2) is 146 Å². The third-order valence-electron chi connectivity index (χ3n) is 8.34. The standard InChI is InChI=1S/C23H24BrNO3.C20H19NO3.C3H6Br2/c1-26-21-10-4-18(5-11-21)25(19-6-12-22(27-2)13-7-19)20-8-14-23(15-9-20)28-17-3-16-24;1-23-19-11-5-16(6-12-19)21(15-3-9-18(22)10-4-15)17-7-13-20(24-2)14-8-17;4-2-1-3-5/h4-15H,3,16-17H2,1-2H3;3-14,22H,1-2H3;1-3H2. The fraction of sp³-hybridized carbons (Fsp3) is 0.217. The Morgan fingerprint density at radius 1 is 0.368 bits per heavy atom. The Bertz CT molecular complexity index is 1880. The van der Waals surface area contributed by atoms with Crippen molar-refractivity contribution in [1.29, 1.82) is 0 Å². The van der Waals surface area contributed by atoms with E-state index in [1.807, 2.05) is 121 Å². The fourth-order valence-electron chi connectivity index (χ4n) is 5.41. The smallest absolute Gasteiger partial charge is 0.119 e. The minimum atomic E-state index is 0.239. The van der Waals surface area contributed by atoms with Crippen LogP contribution in [0.3, 0.4) is 0 Å². The van der Waals surface area contributed by atoms with Gasteiger partial charge in [-0.2, -0.15) is 0 Å². The van der Waals surface area contributed by atoms with Gasteiger partial charge in [-0.1, -0.05) is 47.8 Å². The van der Waals surface area contributed by atoms with Gasteiger partial charge in [0, 0.05) is 50.1 Å². The van der Waals surface area contributed by atoms with Crippen molar-refractivity contribution in [2.45, 2.75) is 12.8 Å². The summed E-state index contributed by atoms with van der Waals surface area (Å²) in [5, 5.41) is 12.7. The maximum absolute atomic E-state index is 9.56. The highest BCUT2D eigenvalue weighted by molar-refractivity contribution is 9.09. The number of phenols is 1. The van der Waals surface area contributed by atoms with E-state index in [1.54, 1.807) is 40.6 Å². The summed E-state index contributed by atoms with van der Waals surface area (Å²) in [4.78, 5) is 4.28. The molecule has 0 saturated carbocycles. The van der Waals surface area contributed by atoms with Gasteiger partial charge < -0.3 is 38.6 Å². The largest absolute Gasteiger partial charge is 0.508 e. The van der Waals surface area contributed by atoms with Crippen molar-refractivity contribution in [2.75, 3.05) is 60.8 Å². The molecule has 57 heavy (non-hydrogen) atoms. The molecule has 0 unspecified atom stereocenters. The molecule has 6 aromatic rings. The van der Waals surface area contributed by atoms with Crippen molar-refractivity contribution < 1.29 is 28.8 Å². The van der Waals surface area contributed by atoms with Gasteiger partial charge >= 0.3 is 0 Å². The summed E-state index contributed by atoms with van der Waals surface area (Å²) in [5.41, 5.74) is 6.06. The number of ether oxygens (including phenoxy) is 5. The molecule has 11 heteroatoms. The molecule has 0 fully saturated rings. The summed E-state index contributed by atoms with van der Waals surface area (Å²) in [7, 11) is 6.64. The van der Waals surface area contributed by atoms with Gasteiger partial charge in [-0.05, 0) is 158 Å². The minimum absolute atomic E-state index is 0.239. The number of methoxy groups -OCH3 is 4. The first-order valence-corrected chi connectivity index (χ1v) is 21.6. The van der Waals surface area contributed by atoms with Crippen LogP contribution in [0.25, 0.3) is 0 Å². The number of hydrogen-bond donors (Lipinski definition) is 1. The van der Waals surface area contributed by atoms with Crippen LogP contribution in [-0.2, 0) is 0 Å². The first kappa shape index (κ1) is 44.9. The molecule has 8 nitrogen and oxygen atoms in total. The highest BCUT2D eigenvalue weighted by Gasteiger charge is 2.14. The predicted molar refractivity (Wildman–Crippen MR) is 246 cm³/mol. The van der Waals surface area contributed by atoms with E-state index >= 15 is 0 Å². The number of alkyl halides is 3. The first-order chi connectivity index (χ1) is 27.9. The molecule has 0 saturated heterocycles. The third-order valence-corrected chi connectivity index (χ3v) is 10.0. The lowest BCUT2D eigenvalue weighted by Crippen LogP contribution is -2.10. The van der Waals surface area contributed by atoms with Crippen molar-refractivity contribution in [1.82, 2.24) is 0 Å². The van der Waals surface area contributed by atoms with E-state index in [4.69, 9.17) is 23.7 Å². The lowest BCUT2D eigenvalue weighted by atomic mass is 10.2. The highest BCUT2D eigenvalue weighted by Crippen LogP contribution is 2.38. The molecular formula is C46H49Br3N2O6. The second-order valence-corrected chi connectivity index (χ2v) is 14.5. The quantitative estimate of drug-likeness (QED) is 0.0760. The maximum atomic E-state index is 9.56. The highest BCUT2D eigenvalue weighted by atomic mass is 79.9. The molecule has 300 valence electrons. The van der Waals surface area contributed by atoms with E-state index in [-0.39, 0.29) is 5.75 Å². The molecule has 1 N–H and O–H groups in total. The van der Waals surface area contributed by atoms with Crippen LogP contribution in [0.1, 0.15) is 12.8 Å². The average Bonchev–Trinajstić information content (AvgIpc) is 3.27. The Balaban J connectivity index is 0.000000228. The molecule has 0 aliphatic heterocycles. The molecule has 6 aromatic carbocycles. The van der Waals surface area contributed by atoms with Gasteiger partial charge in [0.05, 0.1) is 35.0 Å². The number of hydrogen-bond acceptors (Lipinski definition) is 8. The van der Waals surface area contributed by atoms with E-state index in [1.165, 1.54) is 6.42 Å². The minimum Gasteiger partial charge on any atom is -0.508 e. The summed E-state index contributed by atoms with van der Waals surface area (Å²) in [5.74, 6) is 4.37. The molecular weight excluding hydrogens is 916 g/mol. The summed E-state index contributed by atoms with van der Waals surface area (Å²) < 4.78 is 26.8. The number of nitrogens with zero attached hydrogens (tertiary/aromatic N) is 2. The van der Waals surface area contributed by atoms with Crippen LogP contribution in [0, 0.1) is 0 Å². The van der Waals surface area contributed by atoms with Crippen molar-refractivity contribution in [3.8, 4) is 34.5 Å². The summed E-state index contributed by atoms with van der Waals surface area (Å²) in [6.07, 6.45) is 2.20. The monoisotopic (exact) mass is 962 g/mol. The SMILES string of the molecule is BrCCCBr.COc1ccc(N(c2ccc(O)cc2)c2ccc(OC)cc2)cc1.COc1ccc(N(c2ccc(OC)cc2)c2ccc(OCCCBr)cc2)cc1.